The minimum Gasteiger partial charge on any atom is -0.508 e. The maximum absolute atomic E-state index is 10.2. The molecule has 0 fully saturated rings. The standard InChI is InChI=1S/C19H14O9/c1-7-10(21)4-9(5-11(7)22)26-17-13(24)6-14(25)18-19(17)28-16-12(23)2-8(20)3-15(16)27-18/h2-6,20-25H,1H3. The quantitative estimate of drug-likeness (QED) is 0.301. The van der Waals surface area contributed by atoms with Crippen molar-refractivity contribution in [2.45, 2.75) is 6.92 Å². The molecule has 0 atom stereocenters. The number of rotatable bonds is 2. The minimum atomic E-state index is -0.527. The Morgan fingerprint density at radius 3 is 1.96 bits per heavy atom. The van der Waals surface area contributed by atoms with Crippen LogP contribution < -0.4 is 14.2 Å². The van der Waals surface area contributed by atoms with E-state index in [1.54, 1.807) is 0 Å². The number of hydrogen-bond acceptors (Lipinski definition) is 9. The Bertz CT molecular complexity index is 1100. The van der Waals surface area contributed by atoms with E-state index in [9.17, 15) is 30.6 Å². The maximum atomic E-state index is 10.2. The predicted octanol–water partition coefficient (Wildman–Crippen LogP) is 3.92. The van der Waals surface area contributed by atoms with E-state index in [2.05, 4.69) is 0 Å². The molecule has 1 aliphatic rings. The highest BCUT2D eigenvalue weighted by atomic mass is 16.6. The summed E-state index contributed by atoms with van der Waals surface area (Å²) in [6.45, 7) is 1.50. The lowest BCUT2D eigenvalue weighted by molar-refractivity contribution is 0.299. The van der Waals surface area contributed by atoms with Gasteiger partial charge in [0.25, 0.3) is 0 Å². The summed E-state index contributed by atoms with van der Waals surface area (Å²) in [7, 11) is 0. The summed E-state index contributed by atoms with van der Waals surface area (Å²) < 4.78 is 16.6. The van der Waals surface area contributed by atoms with Gasteiger partial charge in [-0.2, -0.15) is 0 Å². The zero-order chi connectivity index (χ0) is 20.2. The molecule has 0 bridgehead atoms. The largest absolute Gasteiger partial charge is 0.508 e. The normalized spacial score (nSPS) is 11.8. The molecule has 0 saturated heterocycles. The molecule has 0 amide bonds. The summed E-state index contributed by atoms with van der Waals surface area (Å²) in [4.78, 5) is 0. The van der Waals surface area contributed by atoms with Crippen LogP contribution in [0.5, 0.6) is 69.0 Å². The van der Waals surface area contributed by atoms with Crippen LogP contribution in [0.15, 0.2) is 30.3 Å². The lowest BCUT2D eigenvalue weighted by Gasteiger charge is -2.24. The molecule has 6 N–H and O–H groups in total. The highest BCUT2D eigenvalue weighted by Crippen LogP contribution is 2.60. The van der Waals surface area contributed by atoms with E-state index in [-0.39, 0.29) is 57.3 Å². The van der Waals surface area contributed by atoms with Crippen molar-refractivity contribution < 1.29 is 44.8 Å². The monoisotopic (exact) mass is 386 g/mol. The SMILES string of the molecule is Cc1c(O)cc(Oc2c(O)cc(O)c3c2Oc2c(O)cc(O)cc2O3)cc1O. The van der Waals surface area contributed by atoms with Crippen molar-refractivity contribution in [2.24, 2.45) is 0 Å². The number of phenolic OH excluding ortho intramolecular Hbond substituents is 6. The van der Waals surface area contributed by atoms with Crippen LogP contribution in [0.2, 0.25) is 0 Å². The van der Waals surface area contributed by atoms with Crippen LogP contribution in [-0.4, -0.2) is 30.6 Å². The van der Waals surface area contributed by atoms with Crippen LogP contribution in [0, 0.1) is 6.92 Å². The van der Waals surface area contributed by atoms with Gasteiger partial charge < -0.3 is 44.8 Å². The summed E-state index contributed by atoms with van der Waals surface area (Å²) in [5.41, 5.74) is 0.238. The molecule has 0 saturated carbocycles. The second kappa shape index (κ2) is 5.95. The fourth-order valence-electron chi connectivity index (χ4n) is 2.69. The predicted molar refractivity (Wildman–Crippen MR) is 94.3 cm³/mol. The van der Waals surface area contributed by atoms with Gasteiger partial charge in [-0.15, -0.1) is 0 Å². The fraction of sp³-hybridized carbons (Fsp3) is 0.0526. The molecule has 3 aromatic rings. The number of hydrogen-bond donors (Lipinski definition) is 6. The maximum Gasteiger partial charge on any atom is 0.220 e. The Morgan fingerprint density at radius 2 is 1.29 bits per heavy atom. The Kier molecular flexibility index (Phi) is 3.67. The third-order valence-electron chi connectivity index (χ3n) is 4.13. The molecule has 3 aromatic carbocycles. The van der Waals surface area contributed by atoms with Gasteiger partial charge in [0.1, 0.15) is 23.0 Å². The van der Waals surface area contributed by atoms with Crippen molar-refractivity contribution in [3.63, 3.8) is 0 Å². The van der Waals surface area contributed by atoms with Crippen molar-refractivity contribution in [2.75, 3.05) is 0 Å². The topological polar surface area (TPSA) is 149 Å². The van der Waals surface area contributed by atoms with Crippen LogP contribution in [0.3, 0.4) is 0 Å². The van der Waals surface area contributed by atoms with E-state index < -0.39 is 17.2 Å². The van der Waals surface area contributed by atoms with Crippen molar-refractivity contribution in [3.8, 4) is 69.0 Å². The molecule has 9 nitrogen and oxygen atoms in total. The Labute approximate surface area is 157 Å². The van der Waals surface area contributed by atoms with E-state index in [1.807, 2.05) is 0 Å². The number of ether oxygens (including phenoxy) is 3. The first-order valence-electron chi connectivity index (χ1n) is 7.95. The smallest absolute Gasteiger partial charge is 0.220 e. The number of benzene rings is 3. The Hall–Kier alpha value is -4.14. The first-order chi connectivity index (χ1) is 13.2. The average Bonchev–Trinajstić information content (AvgIpc) is 2.62. The van der Waals surface area contributed by atoms with Crippen molar-refractivity contribution in [1.82, 2.24) is 0 Å². The molecule has 9 heteroatoms. The van der Waals surface area contributed by atoms with Crippen molar-refractivity contribution in [3.05, 3.63) is 35.9 Å². The molecule has 1 aliphatic heterocycles. The first kappa shape index (κ1) is 17.3. The highest BCUT2D eigenvalue weighted by molar-refractivity contribution is 5.72. The zero-order valence-electron chi connectivity index (χ0n) is 14.3. The van der Waals surface area contributed by atoms with Crippen molar-refractivity contribution >= 4 is 0 Å². The molecular formula is C19H14O9. The van der Waals surface area contributed by atoms with E-state index in [0.29, 0.717) is 0 Å². The third kappa shape index (κ3) is 2.65. The van der Waals surface area contributed by atoms with Gasteiger partial charge in [0.05, 0.1) is 0 Å². The molecule has 4 rings (SSSR count). The molecule has 0 unspecified atom stereocenters. The summed E-state index contributed by atoms with van der Waals surface area (Å²) in [5.74, 6) is -3.28. The molecule has 0 radical (unpaired) electrons. The van der Waals surface area contributed by atoms with Gasteiger partial charge in [-0.3, -0.25) is 0 Å². The van der Waals surface area contributed by atoms with Crippen LogP contribution >= 0.6 is 0 Å². The van der Waals surface area contributed by atoms with E-state index in [0.717, 1.165) is 12.1 Å². The van der Waals surface area contributed by atoms with Gasteiger partial charge in [0.15, 0.2) is 23.0 Å². The molecule has 1 heterocycles. The second-order valence-corrected chi connectivity index (χ2v) is 6.09. The van der Waals surface area contributed by atoms with E-state index in [4.69, 9.17) is 14.2 Å². The molecule has 0 aromatic heterocycles. The van der Waals surface area contributed by atoms with Gasteiger partial charge in [-0.1, -0.05) is 0 Å². The third-order valence-corrected chi connectivity index (χ3v) is 4.13. The van der Waals surface area contributed by atoms with Crippen LogP contribution in [0.4, 0.5) is 0 Å². The molecule has 0 spiro atoms. The van der Waals surface area contributed by atoms with Crippen LogP contribution in [-0.2, 0) is 0 Å². The fourth-order valence-corrected chi connectivity index (χ4v) is 2.69. The van der Waals surface area contributed by atoms with Gasteiger partial charge in [-0.25, -0.2) is 0 Å². The molecular weight excluding hydrogens is 372 g/mol. The lowest BCUT2D eigenvalue weighted by atomic mass is 10.2. The van der Waals surface area contributed by atoms with Crippen molar-refractivity contribution in [1.29, 1.82) is 0 Å². The van der Waals surface area contributed by atoms with Gasteiger partial charge >= 0.3 is 0 Å². The van der Waals surface area contributed by atoms with E-state index in [1.165, 1.54) is 25.1 Å². The summed E-state index contributed by atoms with van der Waals surface area (Å²) in [6.07, 6.45) is 0. The Balaban J connectivity index is 1.83. The molecule has 0 aliphatic carbocycles. The highest BCUT2D eigenvalue weighted by Gasteiger charge is 2.31. The second-order valence-electron chi connectivity index (χ2n) is 6.09. The summed E-state index contributed by atoms with van der Waals surface area (Å²) in [6, 6.07) is 5.55. The van der Waals surface area contributed by atoms with Crippen LogP contribution in [0.1, 0.15) is 5.56 Å². The minimum absolute atomic E-state index is 0.0342. The van der Waals surface area contributed by atoms with E-state index >= 15 is 0 Å². The lowest BCUT2D eigenvalue weighted by Crippen LogP contribution is -2.02. The summed E-state index contributed by atoms with van der Waals surface area (Å²) >= 11 is 0. The van der Waals surface area contributed by atoms with Gasteiger partial charge in [-0.05, 0) is 6.92 Å². The summed E-state index contributed by atoms with van der Waals surface area (Å²) in [5, 5.41) is 59.6. The molecule has 144 valence electrons. The average molecular weight is 386 g/mol. The number of fused-ring (bicyclic) bond motifs is 2. The number of aromatic hydroxyl groups is 6. The van der Waals surface area contributed by atoms with Gasteiger partial charge in [0.2, 0.25) is 23.0 Å². The zero-order valence-corrected chi connectivity index (χ0v) is 14.3. The first-order valence-corrected chi connectivity index (χ1v) is 7.95. The number of phenols is 6. The van der Waals surface area contributed by atoms with Crippen LogP contribution in [0.25, 0.3) is 0 Å². The van der Waals surface area contributed by atoms with Gasteiger partial charge in [0, 0.05) is 35.9 Å². The molecule has 28 heavy (non-hydrogen) atoms. The Morgan fingerprint density at radius 1 is 0.643 bits per heavy atom.